The number of rotatable bonds is 0. The van der Waals surface area contributed by atoms with Crippen molar-refractivity contribution in [3.63, 3.8) is 0 Å². The molecule has 128 valence electrons. The molecular weight excluding hydrogens is 322 g/mol. The van der Waals surface area contributed by atoms with Crippen molar-refractivity contribution in [1.29, 1.82) is 0 Å². The molecule has 0 atom stereocenters. The molecule has 0 saturated heterocycles. The number of fused-ring (bicyclic) bond motifs is 3. The first-order valence-corrected chi connectivity index (χ1v) is 7.93. The van der Waals surface area contributed by atoms with Crippen molar-refractivity contribution in [3.05, 3.63) is 42.0 Å². The van der Waals surface area contributed by atoms with E-state index in [1.807, 2.05) is 36.4 Å². The molecule has 0 aliphatic carbocycles. The fourth-order valence-corrected chi connectivity index (χ4v) is 2.67. The zero-order chi connectivity index (χ0) is 17.2. The molecule has 8 heteroatoms. The molecular formula is C17H17N5O3. The third kappa shape index (κ3) is 3.06. The Balaban J connectivity index is 1.83. The SMILES string of the molecule is Nc1nc2nc3c1nc(O)n3Cc1cccc(c1)OCC/C=C\CO2. The molecule has 4 bridgehead atoms. The van der Waals surface area contributed by atoms with Crippen molar-refractivity contribution in [2.45, 2.75) is 13.0 Å². The first-order valence-electron chi connectivity index (χ1n) is 7.93. The highest BCUT2D eigenvalue weighted by Gasteiger charge is 2.17. The summed E-state index contributed by atoms with van der Waals surface area (Å²) in [4.78, 5) is 12.5. The molecule has 4 rings (SSSR count). The molecule has 25 heavy (non-hydrogen) atoms. The first-order chi connectivity index (χ1) is 12.2. The van der Waals surface area contributed by atoms with Gasteiger partial charge in [0.25, 0.3) is 6.01 Å². The Labute approximate surface area is 143 Å². The van der Waals surface area contributed by atoms with Gasteiger partial charge in [0, 0.05) is 0 Å². The van der Waals surface area contributed by atoms with Crippen LogP contribution in [0.3, 0.4) is 0 Å². The van der Waals surface area contributed by atoms with Crippen LogP contribution in [-0.4, -0.2) is 37.8 Å². The van der Waals surface area contributed by atoms with E-state index in [0.717, 1.165) is 17.7 Å². The summed E-state index contributed by atoms with van der Waals surface area (Å²) in [5.74, 6) is 0.940. The average molecular weight is 339 g/mol. The van der Waals surface area contributed by atoms with E-state index in [9.17, 15) is 5.11 Å². The number of hydrogen-bond acceptors (Lipinski definition) is 7. The summed E-state index contributed by atoms with van der Waals surface area (Å²) in [7, 11) is 0. The summed E-state index contributed by atoms with van der Waals surface area (Å²) in [5.41, 5.74) is 7.65. The van der Waals surface area contributed by atoms with Gasteiger partial charge in [0.05, 0.1) is 13.2 Å². The molecule has 0 unspecified atom stereocenters. The van der Waals surface area contributed by atoms with Gasteiger partial charge >= 0.3 is 6.01 Å². The van der Waals surface area contributed by atoms with E-state index in [0.29, 0.717) is 30.9 Å². The zero-order valence-corrected chi connectivity index (χ0v) is 13.4. The molecule has 1 aromatic carbocycles. The Morgan fingerprint density at radius 1 is 1.12 bits per heavy atom. The standard InChI is InChI=1S/C17H17N5O3/c18-14-13-15-21-16(20-14)25-8-3-1-2-7-24-12-6-4-5-11(9-12)10-22(15)17(23)19-13/h1,3-6,9H,2,7-8,10H2,(H,19,23)(H2,18,20,21)/b3-1-. The summed E-state index contributed by atoms with van der Waals surface area (Å²) in [6, 6.07) is 7.65. The lowest BCUT2D eigenvalue weighted by Crippen LogP contribution is -2.05. The second-order valence-electron chi connectivity index (χ2n) is 5.63. The molecule has 1 aliphatic rings. The number of aromatic nitrogens is 4. The second-order valence-corrected chi connectivity index (χ2v) is 5.63. The van der Waals surface area contributed by atoms with Gasteiger partial charge in [-0.1, -0.05) is 24.3 Å². The maximum absolute atomic E-state index is 10.2. The van der Waals surface area contributed by atoms with Gasteiger partial charge in [-0.3, -0.25) is 4.57 Å². The molecule has 3 heterocycles. The minimum absolute atomic E-state index is 0.149. The summed E-state index contributed by atoms with van der Waals surface area (Å²) in [6.45, 7) is 1.25. The third-order valence-corrected chi connectivity index (χ3v) is 3.85. The van der Waals surface area contributed by atoms with Crippen LogP contribution in [0.1, 0.15) is 12.0 Å². The second kappa shape index (κ2) is 6.31. The van der Waals surface area contributed by atoms with E-state index in [-0.39, 0.29) is 17.8 Å². The number of nitrogen functional groups attached to an aromatic ring is 1. The number of nitrogens with zero attached hydrogens (tertiary/aromatic N) is 4. The molecule has 0 spiro atoms. The van der Waals surface area contributed by atoms with Gasteiger partial charge in [-0.15, -0.1) is 0 Å². The molecule has 0 fully saturated rings. The monoisotopic (exact) mass is 339 g/mol. The number of aromatic hydroxyl groups is 1. The lowest BCUT2D eigenvalue weighted by molar-refractivity contribution is 0.321. The minimum atomic E-state index is -0.177. The molecule has 3 aromatic rings. The Bertz CT molecular complexity index is 951. The topological polar surface area (TPSA) is 108 Å². The van der Waals surface area contributed by atoms with E-state index in [4.69, 9.17) is 15.2 Å². The third-order valence-electron chi connectivity index (χ3n) is 3.85. The lowest BCUT2D eigenvalue weighted by Gasteiger charge is -2.09. The fraction of sp³-hybridized carbons (Fsp3) is 0.235. The van der Waals surface area contributed by atoms with Crippen LogP contribution in [0.25, 0.3) is 11.2 Å². The van der Waals surface area contributed by atoms with Crippen molar-refractivity contribution in [1.82, 2.24) is 19.5 Å². The average Bonchev–Trinajstić information content (AvgIpc) is 2.90. The first kappa shape index (κ1) is 15.3. The normalized spacial score (nSPS) is 15.8. The van der Waals surface area contributed by atoms with Gasteiger partial charge in [-0.25, -0.2) is 0 Å². The largest absolute Gasteiger partial charge is 0.493 e. The summed E-state index contributed by atoms with van der Waals surface area (Å²) in [5, 5.41) is 10.2. The molecule has 2 aromatic heterocycles. The van der Waals surface area contributed by atoms with Crippen LogP contribution in [0.4, 0.5) is 5.82 Å². The minimum Gasteiger partial charge on any atom is -0.493 e. The Morgan fingerprint density at radius 3 is 2.96 bits per heavy atom. The Kier molecular flexibility index (Phi) is 3.85. The summed E-state index contributed by atoms with van der Waals surface area (Å²) >= 11 is 0. The van der Waals surface area contributed by atoms with Gasteiger partial charge in [-0.05, 0) is 24.1 Å². The van der Waals surface area contributed by atoms with Crippen LogP contribution >= 0.6 is 0 Å². The number of ether oxygens (including phenoxy) is 2. The predicted octanol–water partition coefficient (Wildman–Crippen LogP) is 1.88. The number of hydrogen-bond donors (Lipinski definition) is 2. The summed E-state index contributed by atoms with van der Waals surface area (Å²) < 4.78 is 12.8. The lowest BCUT2D eigenvalue weighted by atomic mass is 10.2. The van der Waals surface area contributed by atoms with E-state index in [2.05, 4.69) is 15.0 Å². The van der Waals surface area contributed by atoms with Crippen molar-refractivity contribution < 1.29 is 14.6 Å². The van der Waals surface area contributed by atoms with Crippen molar-refractivity contribution in [2.75, 3.05) is 18.9 Å². The van der Waals surface area contributed by atoms with Gasteiger partial charge in [0.2, 0.25) is 0 Å². The zero-order valence-electron chi connectivity index (χ0n) is 13.4. The molecule has 0 radical (unpaired) electrons. The number of imidazole rings is 1. The van der Waals surface area contributed by atoms with Crippen LogP contribution in [-0.2, 0) is 6.54 Å². The molecule has 1 aliphatic heterocycles. The van der Waals surface area contributed by atoms with Crippen molar-refractivity contribution >= 4 is 17.0 Å². The highest BCUT2D eigenvalue weighted by molar-refractivity contribution is 5.83. The maximum atomic E-state index is 10.2. The predicted molar refractivity (Wildman–Crippen MR) is 91.7 cm³/mol. The quantitative estimate of drug-likeness (QED) is 0.602. The Hall–Kier alpha value is -3.29. The summed E-state index contributed by atoms with van der Waals surface area (Å²) in [6.07, 6.45) is 4.61. The maximum Gasteiger partial charge on any atom is 0.320 e. The van der Waals surface area contributed by atoms with Crippen LogP contribution in [0.2, 0.25) is 0 Å². The molecule has 3 N–H and O–H groups in total. The van der Waals surface area contributed by atoms with Gasteiger partial charge in [-0.2, -0.15) is 15.0 Å². The fourth-order valence-electron chi connectivity index (χ4n) is 2.67. The highest BCUT2D eigenvalue weighted by Crippen LogP contribution is 2.26. The van der Waals surface area contributed by atoms with E-state index in [1.165, 1.54) is 0 Å². The van der Waals surface area contributed by atoms with Crippen LogP contribution in [0.15, 0.2) is 36.4 Å². The van der Waals surface area contributed by atoms with E-state index in [1.54, 1.807) is 4.57 Å². The number of benzene rings is 1. The van der Waals surface area contributed by atoms with Crippen LogP contribution < -0.4 is 15.2 Å². The van der Waals surface area contributed by atoms with Crippen LogP contribution in [0.5, 0.6) is 17.8 Å². The Morgan fingerprint density at radius 2 is 2.04 bits per heavy atom. The van der Waals surface area contributed by atoms with Gasteiger partial charge in [0.15, 0.2) is 17.0 Å². The van der Waals surface area contributed by atoms with Gasteiger partial charge in [0.1, 0.15) is 12.4 Å². The smallest absolute Gasteiger partial charge is 0.320 e. The van der Waals surface area contributed by atoms with Gasteiger partial charge < -0.3 is 20.3 Å². The molecule has 0 amide bonds. The van der Waals surface area contributed by atoms with Crippen LogP contribution in [0, 0.1) is 0 Å². The van der Waals surface area contributed by atoms with E-state index >= 15 is 0 Å². The highest BCUT2D eigenvalue weighted by atomic mass is 16.5. The van der Waals surface area contributed by atoms with Crippen molar-refractivity contribution in [3.8, 4) is 17.8 Å². The number of anilines is 1. The molecule has 8 nitrogen and oxygen atoms in total. The number of nitrogens with two attached hydrogens (primary N) is 1. The van der Waals surface area contributed by atoms with E-state index < -0.39 is 0 Å². The van der Waals surface area contributed by atoms with Crippen molar-refractivity contribution in [2.24, 2.45) is 0 Å². The molecule has 0 saturated carbocycles.